The van der Waals surface area contributed by atoms with Gasteiger partial charge in [0.1, 0.15) is 4.21 Å². The Labute approximate surface area is 129 Å². The minimum atomic E-state index is -0.403. The highest BCUT2D eigenvalue weighted by Crippen LogP contribution is 2.41. The molecule has 0 aliphatic rings. The maximum atomic E-state index is 11.1. The van der Waals surface area contributed by atoms with Crippen LogP contribution in [0.2, 0.25) is 0 Å². The van der Waals surface area contributed by atoms with Gasteiger partial charge in [-0.3, -0.25) is 14.9 Å². The van der Waals surface area contributed by atoms with Gasteiger partial charge in [0.25, 0.3) is 12.2 Å². The van der Waals surface area contributed by atoms with Crippen LogP contribution in [0.4, 0.5) is 11.4 Å². The van der Waals surface area contributed by atoms with Crippen LogP contribution in [0.25, 0.3) is 0 Å². The summed E-state index contributed by atoms with van der Waals surface area (Å²) in [7, 11) is 0. The van der Waals surface area contributed by atoms with Gasteiger partial charge in [-0.25, -0.2) is 0 Å². The first-order chi connectivity index (χ1) is 10.1. The number of rotatable bonds is 7. The van der Waals surface area contributed by atoms with Gasteiger partial charge in [-0.15, -0.1) is 11.3 Å². The van der Waals surface area contributed by atoms with Crippen molar-refractivity contribution in [2.24, 2.45) is 0 Å². The number of hydrogen-bond acceptors (Lipinski definition) is 7. The van der Waals surface area contributed by atoms with Crippen molar-refractivity contribution in [1.82, 2.24) is 0 Å². The number of anilines is 1. The second-order valence-electron chi connectivity index (χ2n) is 4.03. The number of hydrogen-bond donors (Lipinski definition) is 1. The highest BCUT2D eigenvalue weighted by Gasteiger charge is 2.20. The molecule has 1 heterocycles. The summed E-state index contributed by atoms with van der Waals surface area (Å²) >= 11 is 2.65. The quantitative estimate of drug-likeness (QED) is 0.276. The zero-order chi connectivity index (χ0) is 15.2. The van der Waals surface area contributed by atoms with Gasteiger partial charge in [0.05, 0.1) is 11.5 Å². The van der Waals surface area contributed by atoms with E-state index in [4.69, 9.17) is 5.73 Å². The smallest absolute Gasteiger partial charge is 0.294 e. The average Bonchev–Trinajstić information content (AvgIpc) is 2.85. The SMILES string of the molecule is Nc1ccc(Sc2sc(CCOC=O)cc2[N+](=O)[O-])cc1. The van der Waals surface area contributed by atoms with Gasteiger partial charge in [-0.05, 0) is 24.3 Å². The lowest BCUT2D eigenvalue weighted by Crippen LogP contribution is -1.94. The van der Waals surface area contributed by atoms with Crippen molar-refractivity contribution in [1.29, 1.82) is 0 Å². The third-order valence-corrected chi connectivity index (χ3v) is 4.93. The van der Waals surface area contributed by atoms with Gasteiger partial charge < -0.3 is 10.5 Å². The van der Waals surface area contributed by atoms with Crippen LogP contribution in [0.3, 0.4) is 0 Å². The molecule has 2 N–H and O–H groups in total. The molecule has 0 aliphatic heterocycles. The normalized spacial score (nSPS) is 10.3. The van der Waals surface area contributed by atoms with E-state index >= 15 is 0 Å². The molecule has 2 rings (SSSR count). The summed E-state index contributed by atoms with van der Waals surface area (Å²) in [6, 6.07) is 8.66. The fraction of sp³-hybridized carbons (Fsp3) is 0.154. The van der Waals surface area contributed by atoms with Crippen LogP contribution in [0.1, 0.15) is 4.88 Å². The molecule has 110 valence electrons. The first kappa shape index (κ1) is 15.3. The first-order valence-corrected chi connectivity index (χ1v) is 7.59. The molecule has 2 aromatic rings. The van der Waals surface area contributed by atoms with Gasteiger partial charge in [-0.2, -0.15) is 0 Å². The number of nitrogens with zero attached hydrogens (tertiary/aromatic N) is 1. The van der Waals surface area contributed by atoms with Crippen LogP contribution < -0.4 is 5.73 Å². The van der Waals surface area contributed by atoms with Gasteiger partial charge in [-0.1, -0.05) is 11.8 Å². The second kappa shape index (κ2) is 7.09. The van der Waals surface area contributed by atoms with E-state index in [0.29, 0.717) is 22.8 Å². The van der Waals surface area contributed by atoms with Crippen molar-refractivity contribution in [3.05, 3.63) is 45.3 Å². The molecule has 1 aromatic carbocycles. The van der Waals surface area contributed by atoms with Crippen LogP contribution in [-0.4, -0.2) is 18.0 Å². The van der Waals surface area contributed by atoms with E-state index in [1.165, 1.54) is 29.2 Å². The standard InChI is InChI=1S/C13H12N2O4S2/c14-9-1-3-10(4-2-9)20-13-12(15(17)18)7-11(21-13)5-6-19-8-16/h1-4,7-8H,5-6,14H2. The minimum absolute atomic E-state index is 0.0722. The molecular weight excluding hydrogens is 312 g/mol. The Kier molecular flexibility index (Phi) is 5.18. The van der Waals surface area contributed by atoms with E-state index in [1.807, 2.05) is 12.1 Å². The predicted octanol–water partition coefficient (Wildman–Crippen LogP) is 3.11. The lowest BCUT2D eigenvalue weighted by atomic mass is 10.3. The van der Waals surface area contributed by atoms with Gasteiger partial charge >= 0.3 is 0 Å². The molecule has 0 bridgehead atoms. The summed E-state index contributed by atoms with van der Waals surface area (Å²) in [5.41, 5.74) is 6.33. The monoisotopic (exact) mass is 324 g/mol. The lowest BCUT2D eigenvalue weighted by molar-refractivity contribution is -0.387. The molecule has 0 fully saturated rings. The third-order valence-electron chi connectivity index (χ3n) is 2.55. The van der Waals surface area contributed by atoms with Crippen LogP contribution in [0.15, 0.2) is 39.4 Å². The highest BCUT2D eigenvalue weighted by atomic mass is 32.2. The van der Waals surface area contributed by atoms with Crippen LogP contribution >= 0.6 is 23.1 Å². The molecule has 0 saturated carbocycles. The molecule has 8 heteroatoms. The number of carbonyl (C=O) groups excluding carboxylic acids is 1. The fourth-order valence-electron chi connectivity index (χ4n) is 1.59. The summed E-state index contributed by atoms with van der Waals surface area (Å²) in [5, 5.41) is 11.1. The summed E-state index contributed by atoms with van der Waals surface area (Å²) in [6.45, 7) is 0.583. The second-order valence-corrected chi connectivity index (χ2v) is 6.51. The Morgan fingerprint density at radius 1 is 1.38 bits per heavy atom. The van der Waals surface area contributed by atoms with Gasteiger partial charge in [0.2, 0.25) is 0 Å². The summed E-state index contributed by atoms with van der Waals surface area (Å²) in [4.78, 5) is 22.5. The van der Waals surface area contributed by atoms with Crippen LogP contribution in [0.5, 0.6) is 0 Å². The van der Waals surface area contributed by atoms with Gasteiger partial charge in [0.15, 0.2) is 0 Å². The number of carbonyl (C=O) groups is 1. The summed E-state index contributed by atoms with van der Waals surface area (Å²) in [5.74, 6) is 0. The number of thiophene rings is 1. The number of nitrogens with two attached hydrogens (primary N) is 1. The van der Waals surface area contributed by atoms with E-state index in [0.717, 1.165) is 9.77 Å². The largest absolute Gasteiger partial charge is 0.468 e. The van der Waals surface area contributed by atoms with Crippen molar-refractivity contribution < 1.29 is 14.5 Å². The Balaban J connectivity index is 2.18. The lowest BCUT2D eigenvalue weighted by Gasteiger charge is -1.99. The number of nitro groups is 1. The third kappa shape index (κ3) is 4.20. The van der Waals surface area contributed by atoms with Crippen molar-refractivity contribution in [3.63, 3.8) is 0 Å². The molecular formula is C13H12N2O4S2. The molecule has 0 spiro atoms. The minimum Gasteiger partial charge on any atom is -0.468 e. The Morgan fingerprint density at radius 2 is 2.10 bits per heavy atom. The zero-order valence-electron chi connectivity index (χ0n) is 10.9. The van der Waals surface area contributed by atoms with E-state index in [-0.39, 0.29) is 12.3 Å². The molecule has 0 saturated heterocycles. The van der Waals surface area contributed by atoms with Crippen LogP contribution in [-0.2, 0) is 16.0 Å². The Hall–Kier alpha value is -2.06. The van der Waals surface area contributed by atoms with E-state index in [9.17, 15) is 14.9 Å². The van der Waals surface area contributed by atoms with Gasteiger partial charge in [0, 0.05) is 27.9 Å². The molecule has 21 heavy (non-hydrogen) atoms. The fourth-order valence-corrected chi connectivity index (χ4v) is 3.92. The van der Waals surface area contributed by atoms with Crippen LogP contribution in [0, 0.1) is 10.1 Å². The molecule has 0 amide bonds. The topological polar surface area (TPSA) is 95.5 Å². The van der Waals surface area contributed by atoms with Crippen molar-refractivity contribution in [2.45, 2.75) is 15.5 Å². The number of nitrogen functional groups attached to an aromatic ring is 1. The Bertz CT molecular complexity index is 640. The van der Waals surface area contributed by atoms with Crippen molar-refractivity contribution in [3.8, 4) is 0 Å². The highest BCUT2D eigenvalue weighted by molar-refractivity contribution is 8.01. The maximum Gasteiger partial charge on any atom is 0.294 e. The molecule has 0 atom stereocenters. The maximum absolute atomic E-state index is 11.1. The van der Waals surface area contributed by atoms with E-state index in [1.54, 1.807) is 12.1 Å². The molecule has 6 nitrogen and oxygen atoms in total. The molecule has 1 aromatic heterocycles. The van der Waals surface area contributed by atoms with E-state index < -0.39 is 4.92 Å². The van der Waals surface area contributed by atoms with Crippen molar-refractivity contribution >= 4 is 40.9 Å². The number of benzene rings is 1. The molecule has 0 radical (unpaired) electrons. The zero-order valence-corrected chi connectivity index (χ0v) is 12.5. The molecule has 0 unspecified atom stereocenters. The van der Waals surface area contributed by atoms with Crippen molar-refractivity contribution in [2.75, 3.05) is 12.3 Å². The summed E-state index contributed by atoms with van der Waals surface area (Å²) < 4.78 is 5.22. The number of ether oxygens (including phenoxy) is 1. The predicted molar refractivity (Wildman–Crippen MR) is 81.7 cm³/mol. The average molecular weight is 324 g/mol. The van der Waals surface area contributed by atoms with E-state index in [2.05, 4.69) is 4.74 Å². The Morgan fingerprint density at radius 3 is 2.71 bits per heavy atom. The molecule has 0 aliphatic carbocycles. The summed E-state index contributed by atoms with van der Waals surface area (Å²) in [6.07, 6.45) is 0.465. The first-order valence-electron chi connectivity index (χ1n) is 5.96.